The van der Waals surface area contributed by atoms with Crippen LogP contribution in [0.5, 0.6) is 5.75 Å². The number of halogens is 5. The van der Waals surface area contributed by atoms with Crippen molar-refractivity contribution in [3.63, 3.8) is 0 Å². The molecular weight excluding hydrogens is 423 g/mol. The summed E-state index contributed by atoms with van der Waals surface area (Å²) in [6, 6.07) is 5.81. The predicted molar refractivity (Wildman–Crippen MR) is 103 cm³/mol. The highest BCUT2D eigenvalue weighted by molar-refractivity contribution is 5.84. The molecule has 1 amide bonds. The Morgan fingerprint density at radius 1 is 1.10 bits per heavy atom. The van der Waals surface area contributed by atoms with Crippen LogP contribution in [-0.4, -0.2) is 22.3 Å². The van der Waals surface area contributed by atoms with Crippen molar-refractivity contribution in [2.45, 2.75) is 45.4 Å². The summed E-state index contributed by atoms with van der Waals surface area (Å²) < 4.78 is 74.7. The fraction of sp³-hybridized carbons (Fsp3) is 0.333. The second-order valence-electron chi connectivity index (χ2n) is 7.61. The van der Waals surface area contributed by atoms with Crippen LogP contribution >= 0.6 is 0 Å². The normalized spacial score (nSPS) is 15.9. The fourth-order valence-corrected chi connectivity index (χ4v) is 3.53. The predicted octanol–water partition coefficient (Wildman–Crippen LogP) is 4.33. The summed E-state index contributed by atoms with van der Waals surface area (Å²) in [6.07, 6.45) is -4.49. The topological polar surface area (TPSA) is 60.3 Å². The first-order valence-corrected chi connectivity index (χ1v) is 9.17. The number of benzene rings is 1. The first-order valence-electron chi connectivity index (χ1n) is 9.17. The van der Waals surface area contributed by atoms with E-state index < -0.39 is 40.3 Å². The zero-order valence-electron chi connectivity index (χ0n) is 17.0. The number of nitrogens with zero attached hydrogens (tertiary/aromatic N) is 1. The Labute approximate surface area is 174 Å². The Hall–Kier alpha value is -3.17. The molecule has 5 nitrogen and oxygen atoms in total. The smallest absolute Gasteiger partial charge is 0.458 e. The third kappa shape index (κ3) is 3.70. The molecule has 0 fully saturated rings. The molecular formula is C21H19F5N2O3. The van der Waals surface area contributed by atoms with Crippen LogP contribution in [0.2, 0.25) is 0 Å². The van der Waals surface area contributed by atoms with E-state index in [9.17, 15) is 31.5 Å². The Balaban J connectivity index is 2.46. The van der Waals surface area contributed by atoms with Gasteiger partial charge in [-0.2, -0.15) is 22.0 Å². The van der Waals surface area contributed by atoms with Gasteiger partial charge in [-0.1, -0.05) is 6.07 Å². The first-order chi connectivity index (χ1) is 14.2. The third-order valence-electron chi connectivity index (χ3n) is 4.93. The van der Waals surface area contributed by atoms with Gasteiger partial charge in [0.2, 0.25) is 5.91 Å². The number of ether oxygens (including phenoxy) is 1. The standard InChI is InChI=1S/C21H19F5N2O3/c1-11-13(20(22,23)21(24,25)26)8-9-14-16(11)17(28-10-6-5-7-15(28)30)18(27-12(2)29)19(3,4)31-14/h5-10H,1-4H3,(H,27,29). The molecule has 1 aliphatic rings. The van der Waals surface area contributed by atoms with Crippen molar-refractivity contribution in [2.75, 3.05) is 0 Å². The number of rotatable bonds is 3. The number of carbonyl (C=O) groups excluding carboxylic acids is 1. The Morgan fingerprint density at radius 2 is 1.74 bits per heavy atom. The molecule has 0 saturated carbocycles. The van der Waals surface area contributed by atoms with Crippen LogP contribution in [0.25, 0.3) is 5.70 Å². The van der Waals surface area contributed by atoms with Crippen molar-refractivity contribution >= 4 is 11.6 Å². The van der Waals surface area contributed by atoms with Crippen LogP contribution < -0.4 is 15.6 Å². The molecule has 3 rings (SSSR count). The zero-order valence-corrected chi connectivity index (χ0v) is 17.0. The SMILES string of the molecule is CC(=O)NC1=C(n2ccccc2=O)c2c(ccc(C(F)(F)C(F)(F)F)c2C)OC1(C)C. The van der Waals surface area contributed by atoms with Crippen LogP contribution in [0.4, 0.5) is 22.0 Å². The Bertz CT molecular complexity index is 1150. The number of nitrogens with one attached hydrogen (secondary N) is 1. The molecule has 0 bridgehead atoms. The van der Waals surface area contributed by atoms with Gasteiger partial charge in [-0.3, -0.25) is 14.2 Å². The van der Waals surface area contributed by atoms with Gasteiger partial charge in [-0.05, 0) is 44.5 Å². The first kappa shape index (κ1) is 22.5. The number of aromatic nitrogens is 1. The largest absolute Gasteiger partial charge is 0.481 e. The highest BCUT2D eigenvalue weighted by Crippen LogP contribution is 2.49. The van der Waals surface area contributed by atoms with E-state index >= 15 is 0 Å². The van der Waals surface area contributed by atoms with Crippen LogP contribution in [-0.2, 0) is 10.7 Å². The average molecular weight is 442 g/mol. The maximum atomic E-state index is 14.2. The molecule has 0 spiro atoms. The summed E-state index contributed by atoms with van der Waals surface area (Å²) in [7, 11) is 0. The molecule has 1 aliphatic heterocycles. The summed E-state index contributed by atoms with van der Waals surface area (Å²) in [5, 5.41) is 2.55. The van der Waals surface area contributed by atoms with E-state index in [0.717, 1.165) is 17.6 Å². The van der Waals surface area contributed by atoms with Gasteiger partial charge in [0.25, 0.3) is 5.56 Å². The summed E-state index contributed by atoms with van der Waals surface area (Å²) in [6.45, 7) is 5.44. The van der Waals surface area contributed by atoms with E-state index in [-0.39, 0.29) is 22.7 Å². The highest BCUT2D eigenvalue weighted by atomic mass is 19.4. The second kappa shape index (κ2) is 7.21. The minimum atomic E-state index is -5.82. The number of amides is 1. The van der Waals surface area contributed by atoms with Crippen molar-refractivity contribution in [1.29, 1.82) is 0 Å². The zero-order chi connectivity index (χ0) is 23.4. The lowest BCUT2D eigenvalue weighted by molar-refractivity contribution is -0.289. The summed E-state index contributed by atoms with van der Waals surface area (Å²) in [5.74, 6) is -5.67. The number of pyridine rings is 1. The van der Waals surface area contributed by atoms with Gasteiger partial charge in [0.1, 0.15) is 11.4 Å². The Morgan fingerprint density at radius 3 is 2.29 bits per heavy atom. The number of carbonyl (C=O) groups is 1. The van der Waals surface area contributed by atoms with E-state index in [2.05, 4.69) is 5.32 Å². The van der Waals surface area contributed by atoms with Crippen molar-refractivity contribution < 1.29 is 31.5 Å². The molecule has 0 radical (unpaired) electrons. The van der Waals surface area contributed by atoms with E-state index in [1.807, 2.05) is 0 Å². The summed E-state index contributed by atoms with van der Waals surface area (Å²) >= 11 is 0. The molecule has 31 heavy (non-hydrogen) atoms. The minimum Gasteiger partial charge on any atom is -0.481 e. The summed E-state index contributed by atoms with van der Waals surface area (Å²) in [5.41, 5.74) is -3.63. The van der Waals surface area contributed by atoms with Crippen molar-refractivity contribution in [3.05, 3.63) is 69.3 Å². The van der Waals surface area contributed by atoms with Gasteiger partial charge >= 0.3 is 12.1 Å². The van der Waals surface area contributed by atoms with Gasteiger partial charge in [0.05, 0.1) is 11.4 Å². The maximum absolute atomic E-state index is 14.2. The molecule has 0 unspecified atom stereocenters. The molecule has 0 aliphatic carbocycles. The number of hydrogen-bond acceptors (Lipinski definition) is 3. The third-order valence-corrected chi connectivity index (χ3v) is 4.93. The molecule has 2 aromatic rings. The summed E-state index contributed by atoms with van der Waals surface area (Å²) in [4.78, 5) is 24.4. The van der Waals surface area contributed by atoms with E-state index in [1.54, 1.807) is 13.8 Å². The maximum Gasteiger partial charge on any atom is 0.458 e. The van der Waals surface area contributed by atoms with Crippen molar-refractivity contribution in [1.82, 2.24) is 9.88 Å². The molecule has 2 heterocycles. The van der Waals surface area contributed by atoms with Crippen molar-refractivity contribution in [2.24, 2.45) is 0 Å². The number of alkyl halides is 5. The minimum absolute atomic E-state index is 0.00378. The average Bonchev–Trinajstić information content (AvgIpc) is 2.62. The number of fused-ring (bicyclic) bond motifs is 1. The molecule has 0 saturated heterocycles. The van der Waals surface area contributed by atoms with Crippen molar-refractivity contribution in [3.8, 4) is 5.75 Å². The Kier molecular flexibility index (Phi) is 5.24. The van der Waals surface area contributed by atoms with Gasteiger partial charge < -0.3 is 10.1 Å². The lowest BCUT2D eigenvalue weighted by Crippen LogP contribution is -2.45. The van der Waals surface area contributed by atoms with Gasteiger partial charge in [0, 0.05) is 30.3 Å². The van der Waals surface area contributed by atoms with E-state index in [4.69, 9.17) is 4.74 Å². The quantitative estimate of drug-likeness (QED) is 0.720. The molecule has 1 aromatic heterocycles. The van der Waals surface area contributed by atoms with Crippen LogP contribution in [0.1, 0.15) is 37.5 Å². The van der Waals surface area contributed by atoms with Crippen LogP contribution in [0.15, 0.2) is 47.0 Å². The van der Waals surface area contributed by atoms with E-state index in [1.165, 1.54) is 31.3 Å². The molecule has 10 heteroatoms. The lowest BCUT2D eigenvalue weighted by Gasteiger charge is -2.38. The van der Waals surface area contributed by atoms with E-state index in [0.29, 0.717) is 6.07 Å². The molecule has 166 valence electrons. The van der Waals surface area contributed by atoms with Crippen LogP contribution in [0.3, 0.4) is 0 Å². The van der Waals surface area contributed by atoms with Gasteiger partial charge in [0.15, 0.2) is 0 Å². The molecule has 1 aromatic carbocycles. The van der Waals surface area contributed by atoms with Gasteiger partial charge in [-0.15, -0.1) is 0 Å². The lowest BCUT2D eigenvalue weighted by atomic mass is 9.88. The number of hydrogen-bond donors (Lipinski definition) is 1. The highest BCUT2D eigenvalue weighted by Gasteiger charge is 2.59. The van der Waals surface area contributed by atoms with Gasteiger partial charge in [-0.25, -0.2) is 0 Å². The molecule has 1 N–H and O–H groups in total. The van der Waals surface area contributed by atoms with Crippen LogP contribution in [0, 0.1) is 6.92 Å². The molecule has 0 atom stereocenters. The fourth-order valence-electron chi connectivity index (χ4n) is 3.53. The monoisotopic (exact) mass is 442 g/mol. The second-order valence-corrected chi connectivity index (χ2v) is 7.61.